The number of carbonyl (C=O) groups excluding carboxylic acids is 1. The predicted molar refractivity (Wildman–Crippen MR) is 83.9 cm³/mol. The maximum Gasteiger partial charge on any atom is 0.310 e. The maximum absolute atomic E-state index is 13.1. The highest BCUT2D eigenvalue weighted by atomic mass is 16.5. The third-order valence-electron chi connectivity index (χ3n) is 5.13. The number of nitrogens with zero attached hydrogens (tertiary/aromatic N) is 1. The number of anilines is 1. The van der Waals surface area contributed by atoms with Crippen LogP contribution >= 0.6 is 0 Å². The first-order valence-corrected chi connectivity index (χ1v) is 7.69. The van der Waals surface area contributed by atoms with E-state index in [1.165, 1.54) is 0 Å². The first-order chi connectivity index (χ1) is 11.1. The quantitative estimate of drug-likeness (QED) is 0.864. The van der Waals surface area contributed by atoms with Crippen molar-refractivity contribution in [3.63, 3.8) is 0 Å². The van der Waals surface area contributed by atoms with Crippen LogP contribution in [-0.4, -0.2) is 34.7 Å². The van der Waals surface area contributed by atoms with Gasteiger partial charge < -0.3 is 14.7 Å². The molecule has 3 aliphatic rings. The van der Waals surface area contributed by atoms with Gasteiger partial charge in [-0.2, -0.15) is 0 Å². The van der Waals surface area contributed by atoms with Crippen molar-refractivity contribution in [2.24, 2.45) is 11.8 Å². The maximum atomic E-state index is 13.1. The Bertz CT molecular complexity index is 713. The molecule has 5 atom stereocenters. The van der Waals surface area contributed by atoms with Crippen molar-refractivity contribution in [3.05, 3.63) is 55.1 Å². The van der Waals surface area contributed by atoms with Crippen molar-refractivity contribution in [1.82, 2.24) is 0 Å². The van der Waals surface area contributed by atoms with Crippen molar-refractivity contribution in [2.75, 3.05) is 4.90 Å². The van der Waals surface area contributed by atoms with Gasteiger partial charge in [0.25, 0.3) is 0 Å². The number of hydrogen-bond acceptors (Lipinski definition) is 3. The summed E-state index contributed by atoms with van der Waals surface area (Å²) < 4.78 is 6.04. The smallest absolute Gasteiger partial charge is 0.310 e. The van der Waals surface area contributed by atoms with Gasteiger partial charge in [0, 0.05) is 5.69 Å². The molecular formula is C18H17NO4. The minimum atomic E-state index is -0.980. The number of benzene rings is 1. The molecule has 3 aliphatic heterocycles. The number of amides is 1. The van der Waals surface area contributed by atoms with Gasteiger partial charge in [-0.25, -0.2) is 0 Å². The standard InChI is InChI=1S/C18H17NO4/c1-2-6-13-18-10-9-12(23-18)14(17(21)22)15(18)16(20)19(13)11-7-4-3-5-8-11/h2-5,7-10,12-15H,1,6H2,(H,21,22)/t12-,13-,14+,15+,18-/m0/s1. The highest BCUT2D eigenvalue weighted by Gasteiger charge is 2.71. The topological polar surface area (TPSA) is 66.8 Å². The number of carboxylic acids is 1. The van der Waals surface area contributed by atoms with E-state index in [4.69, 9.17) is 4.74 Å². The van der Waals surface area contributed by atoms with Crippen LogP contribution in [0.1, 0.15) is 6.42 Å². The number of fused-ring (bicyclic) bond motifs is 1. The van der Waals surface area contributed by atoms with Crippen molar-refractivity contribution >= 4 is 17.6 Å². The molecule has 1 aromatic carbocycles. The third-order valence-corrected chi connectivity index (χ3v) is 5.13. The van der Waals surface area contributed by atoms with Crippen LogP contribution in [0.3, 0.4) is 0 Å². The van der Waals surface area contributed by atoms with E-state index in [2.05, 4.69) is 6.58 Å². The predicted octanol–water partition coefficient (Wildman–Crippen LogP) is 2.00. The van der Waals surface area contributed by atoms with E-state index >= 15 is 0 Å². The minimum absolute atomic E-state index is 0.178. The molecule has 1 spiro atoms. The molecule has 0 saturated carbocycles. The molecule has 5 nitrogen and oxygen atoms in total. The summed E-state index contributed by atoms with van der Waals surface area (Å²) in [5.74, 6) is -2.66. The summed E-state index contributed by atoms with van der Waals surface area (Å²) in [5.41, 5.74) is -0.104. The molecule has 1 N–H and O–H groups in total. The Morgan fingerprint density at radius 3 is 2.78 bits per heavy atom. The van der Waals surface area contributed by atoms with E-state index in [9.17, 15) is 14.7 Å². The summed E-state index contributed by atoms with van der Waals surface area (Å²) in [5, 5.41) is 9.57. The van der Waals surface area contributed by atoms with Gasteiger partial charge in [0.1, 0.15) is 11.5 Å². The number of carbonyl (C=O) groups is 2. The number of rotatable bonds is 4. The van der Waals surface area contributed by atoms with E-state index in [0.717, 1.165) is 5.69 Å². The number of hydrogen-bond donors (Lipinski definition) is 1. The van der Waals surface area contributed by atoms with E-state index in [0.29, 0.717) is 6.42 Å². The van der Waals surface area contributed by atoms with Gasteiger partial charge in [0.15, 0.2) is 0 Å². The number of ether oxygens (including phenoxy) is 1. The van der Waals surface area contributed by atoms with Gasteiger partial charge in [0.2, 0.25) is 5.91 Å². The Morgan fingerprint density at radius 2 is 2.13 bits per heavy atom. The van der Waals surface area contributed by atoms with Gasteiger partial charge in [-0.05, 0) is 18.6 Å². The summed E-state index contributed by atoms with van der Waals surface area (Å²) in [6.45, 7) is 3.79. The molecule has 23 heavy (non-hydrogen) atoms. The molecule has 0 aliphatic carbocycles. The minimum Gasteiger partial charge on any atom is -0.481 e. The van der Waals surface area contributed by atoms with Gasteiger partial charge >= 0.3 is 5.97 Å². The summed E-state index contributed by atoms with van der Waals surface area (Å²) >= 11 is 0. The van der Waals surface area contributed by atoms with Gasteiger partial charge in [-0.15, -0.1) is 6.58 Å². The van der Waals surface area contributed by atoms with Crippen LogP contribution in [0.4, 0.5) is 5.69 Å². The molecule has 1 amide bonds. The molecular weight excluding hydrogens is 294 g/mol. The van der Waals surface area contributed by atoms with Gasteiger partial charge in [-0.3, -0.25) is 9.59 Å². The Morgan fingerprint density at radius 1 is 1.39 bits per heavy atom. The lowest BCUT2D eigenvalue weighted by Crippen LogP contribution is -2.45. The molecule has 2 bridgehead atoms. The second-order valence-electron chi connectivity index (χ2n) is 6.22. The lowest BCUT2D eigenvalue weighted by atomic mass is 9.74. The van der Waals surface area contributed by atoms with Crippen LogP contribution < -0.4 is 4.90 Å². The second-order valence-corrected chi connectivity index (χ2v) is 6.22. The average Bonchev–Trinajstić information content (AvgIpc) is 3.18. The molecule has 2 fully saturated rings. The SMILES string of the molecule is C=CC[C@@H]1N(c2ccccc2)C(=O)[C@H]2[C@H](C(=O)O)[C@@H]3C=C[C@]12O3. The van der Waals surface area contributed by atoms with Crippen molar-refractivity contribution in [1.29, 1.82) is 0 Å². The highest BCUT2D eigenvalue weighted by Crippen LogP contribution is 2.56. The summed E-state index contributed by atoms with van der Waals surface area (Å²) in [7, 11) is 0. The zero-order valence-corrected chi connectivity index (χ0v) is 12.5. The van der Waals surface area contributed by atoms with Crippen LogP contribution in [-0.2, 0) is 14.3 Å². The molecule has 1 aromatic rings. The lowest BCUT2D eigenvalue weighted by molar-refractivity contribution is -0.146. The van der Waals surface area contributed by atoms with Crippen molar-refractivity contribution < 1.29 is 19.4 Å². The Balaban J connectivity index is 1.85. The molecule has 118 valence electrons. The normalized spacial score (nSPS) is 37.2. The third kappa shape index (κ3) is 1.71. The van der Waals surface area contributed by atoms with Crippen molar-refractivity contribution in [2.45, 2.75) is 24.2 Å². The van der Waals surface area contributed by atoms with Gasteiger partial charge in [0.05, 0.1) is 18.1 Å². The highest BCUT2D eigenvalue weighted by molar-refractivity contribution is 6.03. The first kappa shape index (κ1) is 14.2. The van der Waals surface area contributed by atoms with E-state index in [1.807, 2.05) is 36.4 Å². The monoisotopic (exact) mass is 311 g/mol. The molecule has 5 heteroatoms. The molecule has 0 unspecified atom stereocenters. The molecule has 0 radical (unpaired) electrons. The van der Waals surface area contributed by atoms with Crippen LogP contribution in [0.25, 0.3) is 0 Å². The van der Waals surface area contributed by atoms with Crippen molar-refractivity contribution in [3.8, 4) is 0 Å². The first-order valence-electron chi connectivity index (χ1n) is 7.69. The van der Waals surface area contributed by atoms with Crippen LogP contribution in [0, 0.1) is 11.8 Å². The fraction of sp³-hybridized carbons (Fsp3) is 0.333. The Hall–Kier alpha value is -2.40. The Kier molecular flexibility index (Phi) is 2.96. The van der Waals surface area contributed by atoms with E-state index < -0.39 is 29.5 Å². The molecule has 0 aromatic heterocycles. The summed E-state index contributed by atoms with van der Waals surface area (Å²) in [4.78, 5) is 26.5. The number of carboxylic acid groups (broad SMARTS) is 1. The molecule has 4 rings (SSSR count). The summed E-state index contributed by atoms with van der Waals surface area (Å²) in [6.07, 6.45) is 5.44. The van der Waals surface area contributed by atoms with E-state index in [-0.39, 0.29) is 11.9 Å². The Labute approximate surface area is 133 Å². The lowest BCUT2D eigenvalue weighted by Gasteiger charge is -2.32. The second kappa shape index (κ2) is 4.80. The largest absolute Gasteiger partial charge is 0.481 e. The molecule has 3 heterocycles. The number of para-hydroxylation sites is 1. The zero-order chi connectivity index (χ0) is 16.2. The van der Waals surface area contributed by atoms with Gasteiger partial charge in [-0.1, -0.05) is 36.4 Å². The fourth-order valence-electron chi connectivity index (χ4n) is 4.27. The van der Waals surface area contributed by atoms with E-state index in [1.54, 1.807) is 17.1 Å². The summed E-state index contributed by atoms with van der Waals surface area (Å²) in [6, 6.07) is 9.05. The zero-order valence-electron chi connectivity index (χ0n) is 12.5. The molecule has 2 saturated heterocycles. The van der Waals surface area contributed by atoms with Crippen LogP contribution in [0.5, 0.6) is 0 Å². The average molecular weight is 311 g/mol. The van der Waals surface area contributed by atoms with Crippen LogP contribution in [0.15, 0.2) is 55.1 Å². The number of aliphatic carboxylic acids is 1. The van der Waals surface area contributed by atoms with Crippen LogP contribution in [0.2, 0.25) is 0 Å². The fourth-order valence-corrected chi connectivity index (χ4v) is 4.27.